The molecule has 0 spiro atoms. The number of carbonyl (C=O) groups excluding carboxylic acids is 1. The predicted octanol–water partition coefficient (Wildman–Crippen LogP) is 4.28. The van der Waals surface area contributed by atoms with Crippen LogP contribution in [-0.4, -0.2) is 11.9 Å². The summed E-state index contributed by atoms with van der Waals surface area (Å²) in [6.07, 6.45) is 1.06. The molecule has 0 aliphatic carbocycles. The van der Waals surface area contributed by atoms with E-state index in [2.05, 4.69) is 5.32 Å². The molecule has 0 aliphatic rings. The average molecular weight is 335 g/mol. The topological polar surface area (TPSA) is 64.3 Å². The minimum atomic E-state index is -0.0578. The summed E-state index contributed by atoms with van der Waals surface area (Å²) in [6.45, 7) is 3.90. The number of hydrogen-bond acceptors (Lipinski definition) is 3. The van der Waals surface area contributed by atoms with Gasteiger partial charge >= 0.3 is 0 Å². The van der Waals surface area contributed by atoms with Gasteiger partial charge in [0.25, 0.3) is 0 Å². The van der Waals surface area contributed by atoms with Gasteiger partial charge in [-0.25, -0.2) is 0 Å². The molecule has 2 aromatic carbocycles. The lowest BCUT2D eigenvalue weighted by atomic mass is 10.2. The quantitative estimate of drug-likeness (QED) is 0.828. The van der Waals surface area contributed by atoms with Crippen LogP contribution in [0.4, 0.5) is 5.69 Å². The van der Waals surface area contributed by atoms with Crippen LogP contribution in [-0.2, 0) is 4.79 Å². The summed E-state index contributed by atoms with van der Waals surface area (Å²) in [4.78, 5) is 12.0. The molecule has 0 saturated heterocycles. The normalized spacial score (nSPS) is 11.3. The third kappa shape index (κ3) is 6.30. The fourth-order valence-corrected chi connectivity index (χ4v) is 2.04. The van der Waals surface area contributed by atoms with E-state index < -0.39 is 0 Å². The highest BCUT2D eigenvalue weighted by molar-refractivity contribution is 5.92. The molecular formula is C18H23ClN2O2. The first kappa shape index (κ1) is 19.0. The van der Waals surface area contributed by atoms with Crippen LogP contribution < -0.4 is 15.8 Å². The number of halogens is 1. The van der Waals surface area contributed by atoms with E-state index in [9.17, 15) is 4.79 Å². The fraction of sp³-hybridized carbons (Fsp3) is 0.278. The molecule has 2 rings (SSSR count). The first-order valence-electron chi connectivity index (χ1n) is 7.43. The summed E-state index contributed by atoms with van der Waals surface area (Å²) < 4.78 is 5.88. The van der Waals surface area contributed by atoms with Crippen LogP contribution in [0.15, 0.2) is 48.5 Å². The summed E-state index contributed by atoms with van der Waals surface area (Å²) in [5, 5.41) is 2.88. The van der Waals surface area contributed by atoms with Crippen molar-refractivity contribution in [3.8, 4) is 11.5 Å². The van der Waals surface area contributed by atoms with E-state index in [0.717, 1.165) is 11.3 Å². The zero-order valence-electron chi connectivity index (χ0n) is 13.4. The Bertz CT molecular complexity index is 644. The fourth-order valence-electron chi connectivity index (χ4n) is 2.04. The summed E-state index contributed by atoms with van der Waals surface area (Å²) in [5.74, 6) is 1.32. The number of benzene rings is 2. The van der Waals surface area contributed by atoms with Gasteiger partial charge in [-0.05, 0) is 50.1 Å². The Hall–Kier alpha value is -2.04. The van der Waals surface area contributed by atoms with E-state index in [-0.39, 0.29) is 24.4 Å². The van der Waals surface area contributed by atoms with Gasteiger partial charge in [-0.15, -0.1) is 12.4 Å². The lowest BCUT2D eigenvalue weighted by Gasteiger charge is -2.13. The van der Waals surface area contributed by atoms with Gasteiger partial charge in [0.05, 0.1) is 5.69 Å². The number of aryl methyl sites for hydroxylation is 1. The van der Waals surface area contributed by atoms with Crippen molar-refractivity contribution in [2.45, 2.75) is 32.7 Å². The molecule has 124 valence electrons. The maximum absolute atomic E-state index is 12.0. The van der Waals surface area contributed by atoms with E-state index in [4.69, 9.17) is 10.5 Å². The molecule has 0 bridgehead atoms. The minimum absolute atomic E-state index is 0. The number of hydrogen-bond donors (Lipinski definition) is 2. The molecule has 0 heterocycles. The van der Waals surface area contributed by atoms with E-state index in [0.29, 0.717) is 24.3 Å². The van der Waals surface area contributed by atoms with E-state index in [1.807, 2.05) is 62.4 Å². The van der Waals surface area contributed by atoms with Crippen molar-refractivity contribution in [1.82, 2.24) is 0 Å². The summed E-state index contributed by atoms with van der Waals surface area (Å²) in [7, 11) is 0. The third-order valence-electron chi connectivity index (χ3n) is 3.21. The first-order valence-corrected chi connectivity index (χ1v) is 7.43. The molecule has 1 atom stereocenters. The highest BCUT2D eigenvalue weighted by Gasteiger charge is 2.09. The van der Waals surface area contributed by atoms with Crippen molar-refractivity contribution < 1.29 is 9.53 Å². The van der Waals surface area contributed by atoms with Crippen molar-refractivity contribution in [1.29, 1.82) is 0 Å². The van der Waals surface area contributed by atoms with Crippen LogP contribution in [0.5, 0.6) is 11.5 Å². The Balaban J connectivity index is 0.00000264. The van der Waals surface area contributed by atoms with Crippen LogP contribution >= 0.6 is 12.4 Å². The summed E-state index contributed by atoms with van der Waals surface area (Å²) in [5.41, 5.74) is 7.46. The number of amides is 1. The first-order chi connectivity index (χ1) is 10.5. The molecule has 0 aromatic heterocycles. The van der Waals surface area contributed by atoms with Gasteiger partial charge in [0, 0.05) is 12.5 Å². The van der Waals surface area contributed by atoms with Crippen LogP contribution in [0, 0.1) is 6.92 Å². The van der Waals surface area contributed by atoms with E-state index >= 15 is 0 Å². The average Bonchev–Trinajstić information content (AvgIpc) is 2.47. The van der Waals surface area contributed by atoms with Crippen LogP contribution in [0.2, 0.25) is 0 Å². The Morgan fingerprint density at radius 3 is 2.65 bits per heavy atom. The van der Waals surface area contributed by atoms with Crippen molar-refractivity contribution in [2.24, 2.45) is 5.73 Å². The summed E-state index contributed by atoms with van der Waals surface area (Å²) in [6, 6.07) is 15.2. The van der Waals surface area contributed by atoms with E-state index in [1.54, 1.807) is 0 Å². The smallest absolute Gasteiger partial charge is 0.224 e. The molecule has 1 amide bonds. The third-order valence-corrected chi connectivity index (χ3v) is 3.21. The molecule has 2 aromatic rings. The number of rotatable bonds is 6. The van der Waals surface area contributed by atoms with Crippen molar-refractivity contribution in [3.05, 3.63) is 54.1 Å². The number of ether oxygens (including phenoxy) is 1. The SMILES string of the molecule is Cc1cccc(Oc2ccccc2NC(=O)CCC(C)N)c1.Cl. The largest absolute Gasteiger partial charge is 0.455 e. The Kier molecular flexibility index (Phi) is 7.59. The zero-order chi connectivity index (χ0) is 15.9. The van der Waals surface area contributed by atoms with Gasteiger partial charge in [0.2, 0.25) is 5.91 Å². The number of para-hydroxylation sites is 2. The Morgan fingerprint density at radius 2 is 1.96 bits per heavy atom. The highest BCUT2D eigenvalue weighted by Crippen LogP contribution is 2.29. The highest BCUT2D eigenvalue weighted by atomic mass is 35.5. The van der Waals surface area contributed by atoms with Gasteiger partial charge in [-0.3, -0.25) is 4.79 Å². The second kappa shape index (κ2) is 9.18. The van der Waals surface area contributed by atoms with Crippen LogP contribution in [0.1, 0.15) is 25.3 Å². The Morgan fingerprint density at radius 1 is 1.22 bits per heavy atom. The molecule has 23 heavy (non-hydrogen) atoms. The van der Waals surface area contributed by atoms with E-state index in [1.165, 1.54) is 0 Å². The standard InChI is InChI=1S/C18H22N2O2.ClH/c1-13-6-5-7-15(12-13)22-17-9-4-3-8-16(17)20-18(21)11-10-14(2)19;/h3-9,12,14H,10-11,19H2,1-2H3,(H,20,21);1H. The van der Waals surface area contributed by atoms with Gasteiger partial charge in [0.1, 0.15) is 5.75 Å². The van der Waals surface area contributed by atoms with Gasteiger partial charge in [-0.1, -0.05) is 24.3 Å². The zero-order valence-corrected chi connectivity index (χ0v) is 14.2. The van der Waals surface area contributed by atoms with Gasteiger partial charge < -0.3 is 15.8 Å². The van der Waals surface area contributed by atoms with Crippen LogP contribution in [0.3, 0.4) is 0 Å². The molecule has 3 N–H and O–H groups in total. The lowest BCUT2D eigenvalue weighted by molar-refractivity contribution is -0.116. The second-order valence-electron chi connectivity index (χ2n) is 5.48. The van der Waals surface area contributed by atoms with Gasteiger partial charge in [-0.2, -0.15) is 0 Å². The van der Waals surface area contributed by atoms with Crippen LogP contribution in [0.25, 0.3) is 0 Å². The Labute approximate surface area is 143 Å². The number of carbonyl (C=O) groups is 1. The number of nitrogens with two attached hydrogens (primary N) is 1. The monoisotopic (exact) mass is 334 g/mol. The van der Waals surface area contributed by atoms with Crippen molar-refractivity contribution >= 4 is 24.0 Å². The molecule has 5 heteroatoms. The second-order valence-corrected chi connectivity index (χ2v) is 5.48. The molecule has 1 unspecified atom stereocenters. The number of anilines is 1. The van der Waals surface area contributed by atoms with Gasteiger partial charge in [0.15, 0.2) is 5.75 Å². The molecule has 0 aliphatic heterocycles. The summed E-state index contributed by atoms with van der Waals surface area (Å²) >= 11 is 0. The minimum Gasteiger partial charge on any atom is -0.455 e. The van der Waals surface area contributed by atoms with Crippen molar-refractivity contribution in [2.75, 3.05) is 5.32 Å². The maximum Gasteiger partial charge on any atom is 0.224 e. The molecular weight excluding hydrogens is 312 g/mol. The lowest BCUT2D eigenvalue weighted by Crippen LogP contribution is -2.19. The maximum atomic E-state index is 12.0. The predicted molar refractivity (Wildman–Crippen MR) is 96.5 cm³/mol. The number of nitrogens with one attached hydrogen (secondary N) is 1. The molecule has 0 fully saturated rings. The molecule has 0 radical (unpaired) electrons. The molecule has 0 saturated carbocycles. The van der Waals surface area contributed by atoms with Crippen molar-refractivity contribution in [3.63, 3.8) is 0 Å². The molecule has 4 nitrogen and oxygen atoms in total.